The SMILES string of the molecule is CC(C)n1cc(N)cc1C(=O)OCc1ccccn1. The van der Waals surface area contributed by atoms with Crippen LogP contribution in [0.1, 0.15) is 36.1 Å². The Hall–Kier alpha value is -2.30. The zero-order valence-electron chi connectivity index (χ0n) is 11.0. The summed E-state index contributed by atoms with van der Waals surface area (Å²) in [6.45, 7) is 4.12. The van der Waals surface area contributed by atoms with Gasteiger partial charge in [0.25, 0.3) is 0 Å². The second-order valence-electron chi connectivity index (χ2n) is 4.56. The second kappa shape index (κ2) is 5.56. The van der Waals surface area contributed by atoms with E-state index >= 15 is 0 Å². The van der Waals surface area contributed by atoms with Crippen LogP contribution >= 0.6 is 0 Å². The number of nitrogens with zero attached hydrogens (tertiary/aromatic N) is 2. The molecule has 0 aromatic carbocycles. The average Bonchev–Trinajstić information content (AvgIpc) is 2.79. The molecule has 0 amide bonds. The van der Waals surface area contributed by atoms with Crippen molar-refractivity contribution >= 4 is 11.7 Å². The van der Waals surface area contributed by atoms with Crippen molar-refractivity contribution in [3.8, 4) is 0 Å². The highest BCUT2D eigenvalue weighted by atomic mass is 16.5. The molecule has 0 aliphatic heterocycles. The molecule has 0 saturated heterocycles. The van der Waals surface area contributed by atoms with Crippen LogP contribution in [0, 0.1) is 0 Å². The van der Waals surface area contributed by atoms with Gasteiger partial charge in [0.1, 0.15) is 12.3 Å². The molecule has 0 atom stereocenters. The van der Waals surface area contributed by atoms with Crippen LogP contribution < -0.4 is 5.73 Å². The number of carbonyl (C=O) groups is 1. The summed E-state index contributed by atoms with van der Waals surface area (Å²) in [5.74, 6) is -0.393. The maximum absolute atomic E-state index is 12.0. The molecule has 2 heterocycles. The van der Waals surface area contributed by atoms with E-state index in [0.29, 0.717) is 17.1 Å². The van der Waals surface area contributed by atoms with Gasteiger partial charge in [0.2, 0.25) is 0 Å². The van der Waals surface area contributed by atoms with E-state index in [-0.39, 0.29) is 12.6 Å². The van der Waals surface area contributed by atoms with Gasteiger partial charge in [0.15, 0.2) is 0 Å². The van der Waals surface area contributed by atoms with Crippen LogP contribution in [-0.4, -0.2) is 15.5 Å². The molecule has 0 unspecified atom stereocenters. The fourth-order valence-electron chi connectivity index (χ4n) is 1.79. The Bertz CT molecular complexity index is 561. The fourth-order valence-corrected chi connectivity index (χ4v) is 1.79. The molecule has 0 spiro atoms. The Morgan fingerprint density at radius 3 is 2.89 bits per heavy atom. The molecule has 0 saturated carbocycles. The number of nitrogens with two attached hydrogens (primary N) is 1. The highest BCUT2D eigenvalue weighted by Gasteiger charge is 2.16. The number of hydrogen-bond donors (Lipinski definition) is 1. The van der Waals surface area contributed by atoms with Crippen molar-refractivity contribution < 1.29 is 9.53 Å². The topological polar surface area (TPSA) is 70.1 Å². The average molecular weight is 259 g/mol. The lowest BCUT2D eigenvalue weighted by Gasteiger charge is -2.11. The Morgan fingerprint density at radius 1 is 1.47 bits per heavy atom. The molecule has 0 bridgehead atoms. The largest absolute Gasteiger partial charge is 0.455 e. The summed E-state index contributed by atoms with van der Waals surface area (Å²) < 4.78 is 7.04. The third kappa shape index (κ3) is 3.13. The maximum Gasteiger partial charge on any atom is 0.355 e. The molecule has 2 aromatic heterocycles. The van der Waals surface area contributed by atoms with Gasteiger partial charge in [0.05, 0.1) is 11.4 Å². The number of ether oxygens (including phenoxy) is 1. The summed E-state index contributed by atoms with van der Waals surface area (Å²) in [5, 5.41) is 0. The monoisotopic (exact) mass is 259 g/mol. The molecule has 0 radical (unpaired) electrons. The number of hydrogen-bond acceptors (Lipinski definition) is 4. The minimum Gasteiger partial charge on any atom is -0.455 e. The van der Waals surface area contributed by atoms with Gasteiger partial charge in [-0.3, -0.25) is 4.98 Å². The maximum atomic E-state index is 12.0. The van der Waals surface area contributed by atoms with E-state index in [1.165, 1.54) is 0 Å². The number of carbonyl (C=O) groups excluding carboxylic acids is 1. The zero-order chi connectivity index (χ0) is 13.8. The van der Waals surface area contributed by atoms with E-state index in [1.54, 1.807) is 23.0 Å². The highest BCUT2D eigenvalue weighted by Crippen LogP contribution is 2.17. The van der Waals surface area contributed by atoms with Crippen LogP contribution in [0.4, 0.5) is 5.69 Å². The highest BCUT2D eigenvalue weighted by molar-refractivity contribution is 5.89. The number of aromatic nitrogens is 2. The normalized spacial score (nSPS) is 10.7. The van der Waals surface area contributed by atoms with E-state index in [4.69, 9.17) is 10.5 Å². The first-order valence-electron chi connectivity index (χ1n) is 6.12. The van der Waals surface area contributed by atoms with Crippen molar-refractivity contribution in [3.05, 3.63) is 48.0 Å². The van der Waals surface area contributed by atoms with Crippen molar-refractivity contribution in [2.45, 2.75) is 26.5 Å². The van der Waals surface area contributed by atoms with Gasteiger partial charge in [-0.1, -0.05) is 6.07 Å². The first-order chi connectivity index (χ1) is 9.08. The van der Waals surface area contributed by atoms with E-state index in [9.17, 15) is 4.79 Å². The predicted molar refractivity (Wildman–Crippen MR) is 72.6 cm³/mol. The number of rotatable bonds is 4. The lowest BCUT2D eigenvalue weighted by atomic mass is 10.3. The van der Waals surface area contributed by atoms with Crippen LogP contribution in [0.15, 0.2) is 36.7 Å². The molecule has 2 rings (SSSR count). The van der Waals surface area contributed by atoms with Gasteiger partial charge < -0.3 is 15.0 Å². The molecular weight excluding hydrogens is 242 g/mol. The van der Waals surface area contributed by atoms with Gasteiger partial charge in [0, 0.05) is 18.4 Å². The van der Waals surface area contributed by atoms with E-state index in [2.05, 4.69) is 4.98 Å². The molecule has 0 fully saturated rings. The molecule has 5 heteroatoms. The Morgan fingerprint density at radius 2 is 2.26 bits per heavy atom. The lowest BCUT2D eigenvalue weighted by molar-refractivity contribution is 0.0453. The van der Waals surface area contributed by atoms with Crippen molar-refractivity contribution in [2.75, 3.05) is 5.73 Å². The molecule has 2 aromatic rings. The van der Waals surface area contributed by atoms with Crippen LogP contribution in [0.3, 0.4) is 0 Å². The Balaban J connectivity index is 2.08. The molecule has 5 nitrogen and oxygen atoms in total. The summed E-state index contributed by atoms with van der Waals surface area (Å²) >= 11 is 0. The Kier molecular flexibility index (Phi) is 3.85. The summed E-state index contributed by atoms with van der Waals surface area (Å²) in [4.78, 5) is 16.1. The minimum absolute atomic E-state index is 0.148. The lowest BCUT2D eigenvalue weighted by Crippen LogP contribution is -2.13. The van der Waals surface area contributed by atoms with Crippen molar-refractivity contribution in [1.29, 1.82) is 0 Å². The summed E-state index contributed by atoms with van der Waals surface area (Å²) in [6, 6.07) is 7.25. The van der Waals surface area contributed by atoms with Crippen LogP contribution in [-0.2, 0) is 11.3 Å². The van der Waals surface area contributed by atoms with Crippen molar-refractivity contribution in [1.82, 2.24) is 9.55 Å². The van der Waals surface area contributed by atoms with E-state index in [1.807, 2.05) is 32.0 Å². The number of pyridine rings is 1. The zero-order valence-corrected chi connectivity index (χ0v) is 11.0. The quantitative estimate of drug-likeness (QED) is 0.856. The molecule has 100 valence electrons. The third-order valence-corrected chi connectivity index (χ3v) is 2.71. The van der Waals surface area contributed by atoms with E-state index in [0.717, 1.165) is 0 Å². The van der Waals surface area contributed by atoms with E-state index < -0.39 is 5.97 Å². The van der Waals surface area contributed by atoms with Gasteiger partial charge in [-0.25, -0.2) is 4.79 Å². The first kappa shape index (κ1) is 13.1. The summed E-state index contributed by atoms with van der Waals surface area (Å²) in [7, 11) is 0. The number of anilines is 1. The molecular formula is C14H17N3O2. The summed E-state index contributed by atoms with van der Waals surface area (Å²) in [5.41, 5.74) is 7.45. The molecule has 0 aliphatic carbocycles. The molecule has 0 aliphatic rings. The third-order valence-electron chi connectivity index (χ3n) is 2.71. The Labute approximate surface area is 112 Å². The van der Waals surface area contributed by atoms with Crippen LogP contribution in [0.5, 0.6) is 0 Å². The number of nitrogen functional groups attached to an aromatic ring is 1. The molecule has 2 N–H and O–H groups in total. The second-order valence-corrected chi connectivity index (χ2v) is 4.56. The minimum atomic E-state index is -0.393. The standard InChI is InChI=1S/C14H17N3O2/c1-10(2)17-8-11(15)7-13(17)14(18)19-9-12-5-3-4-6-16-12/h3-8,10H,9,15H2,1-2H3. The van der Waals surface area contributed by atoms with Crippen molar-refractivity contribution in [2.24, 2.45) is 0 Å². The summed E-state index contributed by atoms with van der Waals surface area (Å²) in [6.07, 6.45) is 3.40. The van der Waals surface area contributed by atoms with Gasteiger partial charge in [-0.15, -0.1) is 0 Å². The van der Waals surface area contributed by atoms with Crippen LogP contribution in [0.25, 0.3) is 0 Å². The first-order valence-corrected chi connectivity index (χ1v) is 6.12. The van der Waals surface area contributed by atoms with Crippen molar-refractivity contribution in [3.63, 3.8) is 0 Å². The van der Waals surface area contributed by atoms with Gasteiger partial charge in [-0.05, 0) is 32.0 Å². The smallest absolute Gasteiger partial charge is 0.355 e. The van der Waals surface area contributed by atoms with Crippen LogP contribution in [0.2, 0.25) is 0 Å². The fraction of sp³-hybridized carbons (Fsp3) is 0.286. The predicted octanol–water partition coefficient (Wildman–Crippen LogP) is 2.40. The van der Waals surface area contributed by atoms with Gasteiger partial charge in [-0.2, -0.15) is 0 Å². The number of esters is 1. The molecule has 19 heavy (non-hydrogen) atoms. The van der Waals surface area contributed by atoms with Gasteiger partial charge >= 0.3 is 5.97 Å².